The number of hydrogen-bond donors (Lipinski definition) is 2. The van der Waals surface area contributed by atoms with Crippen LogP contribution in [0.5, 0.6) is 0 Å². The lowest BCUT2D eigenvalue weighted by Gasteiger charge is -2.31. The second kappa shape index (κ2) is 7.72. The SMILES string of the molecule is Cc1cc(Br)c(NC(=O)CN(C)C2CCNCC2)c(Br)c1. The summed E-state index contributed by atoms with van der Waals surface area (Å²) in [5.74, 6) is 0.0151. The summed E-state index contributed by atoms with van der Waals surface area (Å²) in [4.78, 5) is 14.4. The van der Waals surface area contributed by atoms with Gasteiger partial charge < -0.3 is 10.6 Å². The molecule has 21 heavy (non-hydrogen) atoms. The topological polar surface area (TPSA) is 44.4 Å². The van der Waals surface area contributed by atoms with Gasteiger partial charge in [0.15, 0.2) is 0 Å². The molecule has 0 aliphatic carbocycles. The van der Waals surface area contributed by atoms with E-state index < -0.39 is 0 Å². The third-order valence-electron chi connectivity index (χ3n) is 3.78. The number of anilines is 1. The van der Waals surface area contributed by atoms with Crippen LogP contribution in [0.4, 0.5) is 5.69 Å². The van der Waals surface area contributed by atoms with Crippen molar-refractivity contribution in [1.29, 1.82) is 0 Å². The van der Waals surface area contributed by atoms with E-state index in [1.165, 1.54) is 0 Å². The number of likely N-dealkylation sites (N-methyl/N-ethyl adjacent to an activating group) is 1. The van der Waals surface area contributed by atoms with E-state index in [-0.39, 0.29) is 5.91 Å². The number of carbonyl (C=O) groups excluding carboxylic acids is 1. The van der Waals surface area contributed by atoms with Crippen LogP contribution in [0.25, 0.3) is 0 Å². The molecule has 1 aliphatic rings. The summed E-state index contributed by atoms with van der Waals surface area (Å²) in [7, 11) is 2.02. The molecule has 0 radical (unpaired) electrons. The van der Waals surface area contributed by atoms with Crippen molar-refractivity contribution in [3.63, 3.8) is 0 Å². The van der Waals surface area contributed by atoms with Gasteiger partial charge in [0.25, 0.3) is 0 Å². The van der Waals surface area contributed by atoms with E-state index in [1.807, 2.05) is 26.1 Å². The molecule has 6 heteroatoms. The van der Waals surface area contributed by atoms with E-state index >= 15 is 0 Å². The van der Waals surface area contributed by atoms with Crippen molar-refractivity contribution in [3.8, 4) is 0 Å². The zero-order valence-corrected chi connectivity index (χ0v) is 15.6. The highest BCUT2D eigenvalue weighted by atomic mass is 79.9. The molecule has 1 aromatic carbocycles. The fourth-order valence-corrected chi connectivity index (χ4v) is 4.21. The Morgan fingerprint density at radius 3 is 2.48 bits per heavy atom. The van der Waals surface area contributed by atoms with Crippen LogP contribution >= 0.6 is 31.9 Å². The van der Waals surface area contributed by atoms with Gasteiger partial charge in [-0.25, -0.2) is 0 Å². The number of hydrogen-bond acceptors (Lipinski definition) is 3. The minimum absolute atomic E-state index is 0.0151. The first-order valence-electron chi connectivity index (χ1n) is 7.14. The fourth-order valence-electron chi connectivity index (χ4n) is 2.60. The highest BCUT2D eigenvalue weighted by Crippen LogP contribution is 2.32. The van der Waals surface area contributed by atoms with Crippen molar-refractivity contribution in [1.82, 2.24) is 10.2 Å². The number of amides is 1. The predicted molar refractivity (Wildman–Crippen MR) is 93.7 cm³/mol. The van der Waals surface area contributed by atoms with Crippen LogP contribution in [-0.4, -0.2) is 43.5 Å². The van der Waals surface area contributed by atoms with E-state index in [1.54, 1.807) is 0 Å². The van der Waals surface area contributed by atoms with Gasteiger partial charge in [-0.05, 0) is 89.5 Å². The molecule has 1 aromatic rings. The molecule has 0 atom stereocenters. The third kappa shape index (κ3) is 4.77. The molecule has 2 N–H and O–H groups in total. The number of rotatable bonds is 4. The van der Waals surface area contributed by atoms with Crippen LogP contribution in [-0.2, 0) is 4.79 Å². The first kappa shape index (κ1) is 16.9. The van der Waals surface area contributed by atoms with Gasteiger partial charge in [-0.15, -0.1) is 0 Å². The second-order valence-corrected chi connectivity index (χ2v) is 7.26. The Balaban J connectivity index is 1.95. The van der Waals surface area contributed by atoms with Gasteiger partial charge in [0.2, 0.25) is 5.91 Å². The lowest BCUT2D eigenvalue weighted by molar-refractivity contribution is -0.117. The molecular formula is C15H21Br2N3O. The number of nitrogens with zero attached hydrogens (tertiary/aromatic N) is 1. The Bertz CT molecular complexity index is 493. The number of benzene rings is 1. The van der Waals surface area contributed by atoms with Gasteiger partial charge in [0.1, 0.15) is 0 Å². The highest BCUT2D eigenvalue weighted by Gasteiger charge is 2.20. The van der Waals surface area contributed by atoms with Gasteiger partial charge >= 0.3 is 0 Å². The van der Waals surface area contributed by atoms with Gasteiger partial charge in [0, 0.05) is 15.0 Å². The summed E-state index contributed by atoms with van der Waals surface area (Å²) in [6, 6.07) is 4.48. The summed E-state index contributed by atoms with van der Waals surface area (Å²) in [5, 5.41) is 6.33. The summed E-state index contributed by atoms with van der Waals surface area (Å²) in [6.45, 7) is 4.50. The average molecular weight is 419 g/mol. The van der Waals surface area contributed by atoms with Crippen molar-refractivity contribution >= 4 is 43.5 Å². The second-order valence-electron chi connectivity index (χ2n) is 5.55. The first-order valence-corrected chi connectivity index (χ1v) is 8.72. The van der Waals surface area contributed by atoms with Crippen molar-refractivity contribution < 1.29 is 4.79 Å². The Labute approximate surface area is 142 Å². The number of piperidine rings is 1. The largest absolute Gasteiger partial charge is 0.323 e. The molecule has 0 bridgehead atoms. The van der Waals surface area contributed by atoms with Crippen LogP contribution in [0.1, 0.15) is 18.4 Å². The van der Waals surface area contributed by atoms with E-state index in [0.29, 0.717) is 12.6 Å². The molecule has 0 aromatic heterocycles. The zero-order chi connectivity index (χ0) is 15.4. The Morgan fingerprint density at radius 2 is 1.90 bits per heavy atom. The zero-order valence-electron chi connectivity index (χ0n) is 12.4. The van der Waals surface area contributed by atoms with Crippen LogP contribution in [0.3, 0.4) is 0 Å². The van der Waals surface area contributed by atoms with Crippen molar-refractivity contribution in [2.45, 2.75) is 25.8 Å². The summed E-state index contributed by atoms with van der Waals surface area (Å²) < 4.78 is 1.79. The smallest absolute Gasteiger partial charge is 0.238 e. The van der Waals surface area contributed by atoms with E-state index in [9.17, 15) is 4.79 Å². The molecule has 4 nitrogen and oxygen atoms in total. The molecule has 1 heterocycles. The quantitative estimate of drug-likeness (QED) is 0.789. The average Bonchev–Trinajstić information content (AvgIpc) is 2.43. The summed E-state index contributed by atoms with van der Waals surface area (Å²) in [6.07, 6.45) is 2.20. The van der Waals surface area contributed by atoms with Gasteiger partial charge in [0.05, 0.1) is 12.2 Å². The number of halogens is 2. The molecule has 0 unspecified atom stereocenters. The van der Waals surface area contributed by atoms with Crippen LogP contribution < -0.4 is 10.6 Å². The molecule has 1 fully saturated rings. The maximum atomic E-state index is 12.2. The van der Waals surface area contributed by atoms with Crippen molar-refractivity contribution in [2.75, 3.05) is 32.0 Å². The number of aryl methyl sites for hydroxylation is 1. The lowest BCUT2D eigenvalue weighted by atomic mass is 10.1. The molecule has 116 valence electrons. The van der Waals surface area contributed by atoms with Gasteiger partial charge in [-0.1, -0.05) is 0 Å². The maximum Gasteiger partial charge on any atom is 0.238 e. The molecule has 1 amide bonds. The molecular weight excluding hydrogens is 398 g/mol. The van der Waals surface area contributed by atoms with Crippen LogP contribution in [0, 0.1) is 6.92 Å². The number of nitrogens with one attached hydrogen (secondary N) is 2. The Morgan fingerprint density at radius 1 is 1.33 bits per heavy atom. The summed E-state index contributed by atoms with van der Waals surface area (Å²) in [5.41, 5.74) is 1.93. The standard InChI is InChI=1S/C15H21Br2N3O/c1-10-7-12(16)15(13(17)8-10)19-14(21)9-20(2)11-3-5-18-6-4-11/h7-8,11,18H,3-6,9H2,1-2H3,(H,19,21). The van der Waals surface area contributed by atoms with Crippen molar-refractivity contribution in [3.05, 3.63) is 26.6 Å². The van der Waals surface area contributed by atoms with Gasteiger partial charge in [-0.3, -0.25) is 9.69 Å². The maximum absolute atomic E-state index is 12.2. The highest BCUT2D eigenvalue weighted by molar-refractivity contribution is 9.11. The van der Waals surface area contributed by atoms with E-state index in [0.717, 1.165) is 46.1 Å². The predicted octanol–water partition coefficient (Wildman–Crippen LogP) is 3.14. The van der Waals surface area contributed by atoms with Crippen LogP contribution in [0.15, 0.2) is 21.1 Å². The molecule has 2 rings (SSSR count). The monoisotopic (exact) mass is 417 g/mol. The van der Waals surface area contributed by atoms with Gasteiger partial charge in [-0.2, -0.15) is 0 Å². The number of carbonyl (C=O) groups is 1. The third-order valence-corrected chi connectivity index (χ3v) is 5.03. The molecule has 0 saturated carbocycles. The lowest BCUT2D eigenvalue weighted by Crippen LogP contribution is -2.44. The molecule has 1 saturated heterocycles. The Hall–Kier alpha value is -0.430. The minimum atomic E-state index is 0.0151. The molecule has 1 aliphatic heterocycles. The van der Waals surface area contributed by atoms with E-state index in [2.05, 4.69) is 47.4 Å². The van der Waals surface area contributed by atoms with E-state index in [4.69, 9.17) is 0 Å². The minimum Gasteiger partial charge on any atom is -0.323 e. The Kier molecular flexibility index (Phi) is 6.22. The fraction of sp³-hybridized carbons (Fsp3) is 0.533. The van der Waals surface area contributed by atoms with Crippen molar-refractivity contribution in [2.24, 2.45) is 0 Å². The normalized spacial score (nSPS) is 16.2. The molecule has 0 spiro atoms. The summed E-state index contributed by atoms with van der Waals surface area (Å²) >= 11 is 7.01. The first-order chi connectivity index (χ1) is 9.97. The van der Waals surface area contributed by atoms with Crippen LogP contribution in [0.2, 0.25) is 0 Å².